The molecular formula is C35H50N6O9. The van der Waals surface area contributed by atoms with E-state index in [-0.39, 0.29) is 50.1 Å². The van der Waals surface area contributed by atoms with Gasteiger partial charge in [0, 0.05) is 24.3 Å². The molecule has 0 aliphatic heterocycles. The lowest BCUT2D eigenvalue weighted by atomic mass is 9.92. The van der Waals surface area contributed by atoms with Gasteiger partial charge in [-0.2, -0.15) is 0 Å². The molecule has 0 bridgehead atoms. The molecule has 274 valence electrons. The Morgan fingerprint density at radius 3 is 1.78 bits per heavy atom. The molecule has 0 saturated heterocycles. The average Bonchev–Trinajstić information content (AvgIpc) is 3.01. The Balaban J connectivity index is 1.90. The standard InChI is InChI=1S/C35H50N6O9/c1-21(2)17-27(31(44)41-26(32(45)46)15-16-36-20-28(33(47)48)40-30(43)19-35(3,4)5)39-29(42)18-22-7-9-23(10-8-22)37-34(49)38-24-11-13-25(50-6)14-12-24/h7-14,21,26-28,36H,15-20H2,1-6H3,(H,39,42)(H,40,43)(H,41,44)(H,45,46)(H,47,48)(H2,37,38,49). The van der Waals surface area contributed by atoms with E-state index in [1.165, 1.54) is 0 Å². The second-order valence-corrected chi connectivity index (χ2v) is 13.5. The van der Waals surface area contributed by atoms with E-state index in [0.29, 0.717) is 22.7 Å². The maximum Gasteiger partial charge on any atom is 0.327 e. The number of carbonyl (C=O) groups is 6. The predicted octanol–water partition coefficient (Wildman–Crippen LogP) is 2.97. The number of carboxylic acid groups (broad SMARTS) is 2. The fraction of sp³-hybridized carbons (Fsp3) is 0.486. The minimum atomic E-state index is -1.32. The zero-order valence-electron chi connectivity index (χ0n) is 29.4. The van der Waals surface area contributed by atoms with Crippen LogP contribution in [0.3, 0.4) is 0 Å². The van der Waals surface area contributed by atoms with E-state index in [2.05, 4.69) is 31.9 Å². The van der Waals surface area contributed by atoms with Crippen molar-refractivity contribution in [1.29, 1.82) is 0 Å². The molecule has 0 radical (unpaired) electrons. The van der Waals surface area contributed by atoms with Crippen molar-refractivity contribution in [2.45, 2.75) is 78.4 Å². The molecule has 50 heavy (non-hydrogen) atoms. The molecule has 3 unspecified atom stereocenters. The highest BCUT2D eigenvalue weighted by Gasteiger charge is 2.28. The van der Waals surface area contributed by atoms with Gasteiger partial charge in [-0.05, 0) is 72.7 Å². The van der Waals surface area contributed by atoms with Crippen LogP contribution >= 0.6 is 0 Å². The van der Waals surface area contributed by atoms with E-state index in [1.807, 2.05) is 34.6 Å². The maximum atomic E-state index is 13.2. The molecule has 0 aliphatic rings. The number of carbonyl (C=O) groups excluding carboxylic acids is 4. The van der Waals surface area contributed by atoms with Gasteiger partial charge in [0.25, 0.3) is 0 Å². The fourth-order valence-electron chi connectivity index (χ4n) is 4.76. The zero-order valence-corrected chi connectivity index (χ0v) is 29.4. The fourth-order valence-corrected chi connectivity index (χ4v) is 4.76. The van der Waals surface area contributed by atoms with Crippen LogP contribution in [0.25, 0.3) is 0 Å². The summed E-state index contributed by atoms with van der Waals surface area (Å²) in [6.45, 7) is 9.17. The smallest absolute Gasteiger partial charge is 0.327 e. The van der Waals surface area contributed by atoms with Gasteiger partial charge < -0.3 is 46.9 Å². The molecule has 0 fully saturated rings. The van der Waals surface area contributed by atoms with Crippen LogP contribution in [0.15, 0.2) is 48.5 Å². The van der Waals surface area contributed by atoms with Crippen LogP contribution in [0.2, 0.25) is 0 Å². The number of hydrogen-bond acceptors (Lipinski definition) is 8. The molecule has 5 amide bonds. The van der Waals surface area contributed by atoms with Crippen LogP contribution in [0.5, 0.6) is 5.75 Å². The van der Waals surface area contributed by atoms with Crippen molar-refractivity contribution in [1.82, 2.24) is 21.3 Å². The van der Waals surface area contributed by atoms with Crippen molar-refractivity contribution >= 4 is 47.1 Å². The van der Waals surface area contributed by atoms with Gasteiger partial charge in [-0.1, -0.05) is 46.8 Å². The van der Waals surface area contributed by atoms with Gasteiger partial charge in [0.2, 0.25) is 17.7 Å². The number of methoxy groups -OCH3 is 1. The van der Waals surface area contributed by atoms with Crippen LogP contribution < -0.4 is 36.6 Å². The topological polar surface area (TPSA) is 224 Å². The van der Waals surface area contributed by atoms with Crippen molar-refractivity contribution in [3.8, 4) is 5.75 Å². The predicted molar refractivity (Wildman–Crippen MR) is 188 cm³/mol. The highest BCUT2D eigenvalue weighted by molar-refractivity contribution is 5.99. The Morgan fingerprint density at radius 1 is 0.740 bits per heavy atom. The number of ether oxygens (including phenoxy) is 1. The first kappa shape index (κ1) is 41.0. The normalized spacial score (nSPS) is 12.9. The molecule has 0 heterocycles. The van der Waals surface area contributed by atoms with E-state index in [0.717, 1.165) is 0 Å². The van der Waals surface area contributed by atoms with Gasteiger partial charge in [-0.3, -0.25) is 14.4 Å². The molecular weight excluding hydrogens is 648 g/mol. The summed E-state index contributed by atoms with van der Waals surface area (Å²) in [5, 5.41) is 35.1. The van der Waals surface area contributed by atoms with Crippen molar-refractivity contribution in [3.05, 3.63) is 54.1 Å². The van der Waals surface area contributed by atoms with Crippen LogP contribution in [0.1, 0.15) is 59.4 Å². The van der Waals surface area contributed by atoms with E-state index < -0.39 is 53.8 Å². The van der Waals surface area contributed by atoms with E-state index in [4.69, 9.17) is 4.74 Å². The number of urea groups is 1. The maximum absolute atomic E-state index is 13.2. The minimum Gasteiger partial charge on any atom is -0.497 e. The summed E-state index contributed by atoms with van der Waals surface area (Å²) >= 11 is 0. The summed E-state index contributed by atoms with van der Waals surface area (Å²) < 4.78 is 5.10. The Labute approximate surface area is 292 Å². The molecule has 2 aromatic rings. The van der Waals surface area contributed by atoms with Gasteiger partial charge >= 0.3 is 18.0 Å². The van der Waals surface area contributed by atoms with Gasteiger partial charge in [-0.25, -0.2) is 14.4 Å². The first-order chi connectivity index (χ1) is 23.4. The summed E-state index contributed by atoms with van der Waals surface area (Å²) in [5.74, 6) is -3.42. The molecule has 15 nitrogen and oxygen atoms in total. The number of hydrogen-bond donors (Lipinski definition) is 8. The largest absolute Gasteiger partial charge is 0.497 e. The SMILES string of the molecule is COc1ccc(NC(=O)Nc2ccc(CC(=O)NC(CC(C)C)C(=O)NC(CCNCC(NC(=O)CC(C)(C)C)C(=O)O)C(=O)O)cc2)cc1. The second-order valence-electron chi connectivity index (χ2n) is 13.5. The van der Waals surface area contributed by atoms with Gasteiger partial charge in [-0.15, -0.1) is 0 Å². The van der Waals surface area contributed by atoms with Gasteiger partial charge in [0.05, 0.1) is 13.5 Å². The van der Waals surface area contributed by atoms with E-state index in [9.17, 15) is 39.0 Å². The van der Waals surface area contributed by atoms with Crippen molar-refractivity contribution in [3.63, 3.8) is 0 Å². The summed E-state index contributed by atoms with van der Waals surface area (Å²) in [5.41, 5.74) is 1.36. The second kappa shape index (κ2) is 19.7. The van der Waals surface area contributed by atoms with Crippen LogP contribution in [-0.2, 0) is 30.4 Å². The Hall–Kier alpha value is -5.18. The van der Waals surface area contributed by atoms with Crippen LogP contribution in [-0.4, -0.2) is 84.2 Å². The van der Waals surface area contributed by atoms with Crippen molar-refractivity contribution in [2.24, 2.45) is 11.3 Å². The Bertz CT molecular complexity index is 1460. The number of rotatable bonds is 19. The molecule has 8 N–H and O–H groups in total. The molecule has 0 aliphatic carbocycles. The zero-order chi connectivity index (χ0) is 37.4. The Morgan fingerprint density at radius 2 is 1.28 bits per heavy atom. The third-order valence-corrected chi connectivity index (χ3v) is 7.18. The third kappa shape index (κ3) is 15.8. The number of aliphatic carboxylic acids is 2. The quantitative estimate of drug-likeness (QED) is 0.100. The Kier molecular flexibility index (Phi) is 16.2. The molecule has 0 aromatic heterocycles. The first-order valence-corrected chi connectivity index (χ1v) is 16.3. The lowest BCUT2D eigenvalue weighted by Crippen LogP contribution is -2.53. The van der Waals surface area contributed by atoms with Gasteiger partial charge in [0.15, 0.2) is 0 Å². The highest BCUT2D eigenvalue weighted by atomic mass is 16.5. The summed E-state index contributed by atoms with van der Waals surface area (Å²) in [4.78, 5) is 74.2. The van der Waals surface area contributed by atoms with Crippen LogP contribution in [0, 0.1) is 11.3 Å². The highest BCUT2D eigenvalue weighted by Crippen LogP contribution is 2.18. The molecule has 0 saturated carbocycles. The monoisotopic (exact) mass is 698 g/mol. The lowest BCUT2D eigenvalue weighted by molar-refractivity contribution is -0.143. The minimum absolute atomic E-state index is 0.00754. The van der Waals surface area contributed by atoms with Crippen molar-refractivity contribution in [2.75, 3.05) is 30.8 Å². The van der Waals surface area contributed by atoms with E-state index in [1.54, 1.807) is 55.6 Å². The van der Waals surface area contributed by atoms with Crippen LogP contribution in [0.4, 0.5) is 16.2 Å². The van der Waals surface area contributed by atoms with E-state index >= 15 is 0 Å². The summed E-state index contributed by atoms with van der Waals surface area (Å²) in [7, 11) is 1.55. The average molecular weight is 699 g/mol. The number of amides is 5. The summed E-state index contributed by atoms with van der Waals surface area (Å²) in [6.07, 6.45) is 0.241. The molecule has 2 aromatic carbocycles. The van der Waals surface area contributed by atoms with Gasteiger partial charge in [0.1, 0.15) is 23.9 Å². The third-order valence-electron chi connectivity index (χ3n) is 7.18. The molecule has 0 spiro atoms. The number of benzene rings is 2. The van der Waals surface area contributed by atoms with Crippen molar-refractivity contribution < 1.29 is 43.7 Å². The lowest BCUT2D eigenvalue weighted by Gasteiger charge is -2.23. The number of nitrogens with one attached hydrogen (secondary N) is 6. The molecule has 2 rings (SSSR count). The first-order valence-electron chi connectivity index (χ1n) is 16.3. The number of carboxylic acids is 2. The molecule has 3 atom stereocenters. The number of anilines is 2. The molecule has 15 heteroatoms. The summed E-state index contributed by atoms with van der Waals surface area (Å²) in [6, 6.07) is 9.44.